The second kappa shape index (κ2) is 3.67. The fourth-order valence-electron chi connectivity index (χ4n) is 2.09. The van der Waals surface area contributed by atoms with Crippen LogP contribution in [0.25, 0.3) is 0 Å². The summed E-state index contributed by atoms with van der Waals surface area (Å²) in [6.07, 6.45) is 11.6. The fraction of sp³-hybridized carbons (Fsp3) is 0.600. The highest BCUT2D eigenvalue weighted by Crippen LogP contribution is 2.40. The van der Waals surface area contributed by atoms with Crippen LogP contribution in [0, 0.1) is 11.8 Å². The van der Waals surface area contributed by atoms with Gasteiger partial charge in [-0.1, -0.05) is 56.2 Å². The molecule has 0 aliphatic heterocycles. The first-order valence-corrected chi connectivity index (χ1v) is 6.23. The molecule has 0 amide bonds. The van der Waals surface area contributed by atoms with Crippen molar-refractivity contribution in [1.82, 2.24) is 0 Å². The van der Waals surface area contributed by atoms with Gasteiger partial charge in [-0.05, 0) is 24.7 Å². The van der Waals surface area contributed by atoms with Crippen LogP contribution in [0.4, 0.5) is 0 Å². The van der Waals surface area contributed by atoms with E-state index in [0.717, 1.165) is 11.8 Å². The summed E-state index contributed by atoms with van der Waals surface area (Å²) in [6.45, 7) is 0. The van der Waals surface area contributed by atoms with Crippen molar-refractivity contribution >= 4 is 31.9 Å². The van der Waals surface area contributed by atoms with E-state index >= 15 is 0 Å². The van der Waals surface area contributed by atoms with Gasteiger partial charge in [0.15, 0.2) is 0 Å². The molecule has 0 saturated heterocycles. The molecule has 0 radical (unpaired) electrons. The second-order valence-electron chi connectivity index (χ2n) is 3.54. The Balaban J connectivity index is 2.21. The van der Waals surface area contributed by atoms with Gasteiger partial charge in [-0.3, -0.25) is 0 Å². The van der Waals surface area contributed by atoms with Gasteiger partial charge in [0.05, 0.1) is 0 Å². The van der Waals surface area contributed by atoms with Crippen LogP contribution < -0.4 is 0 Å². The summed E-state index contributed by atoms with van der Waals surface area (Å²) in [6, 6.07) is 0. The Kier molecular flexibility index (Phi) is 2.75. The van der Waals surface area contributed by atoms with Gasteiger partial charge >= 0.3 is 0 Å². The molecule has 0 spiro atoms. The van der Waals surface area contributed by atoms with Crippen molar-refractivity contribution < 1.29 is 0 Å². The minimum absolute atomic E-state index is 0.584. The van der Waals surface area contributed by atoms with E-state index in [9.17, 15) is 0 Å². The van der Waals surface area contributed by atoms with E-state index in [1.807, 2.05) is 0 Å². The van der Waals surface area contributed by atoms with E-state index in [1.165, 1.54) is 12.8 Å². The number of fused-ring (bicyclic) bond motifs is 1. The van der Waals surface area contributed by atoms with Crippen molar-refractivity contribution in [3.8, 4) is 0 Å². The Morgan fingerprint density at radius 1 is 0.833 bits per heavy atom. The van der Waals surface area contributed by atoms with Crippen LogP contribution in [0.15, 0.2) is 24.3 Å². The summed E-state index contributed by atoms with van der Waals surface area (Å²) in [5.74, 6) is 1.59. The molecule has 66 valence electrons. The number of halogens is 2. The highest BCUT2D eigenvalue weighted by atomic mass is 79.9. The molecule has 2 heteroatoms. The summed E-state index contributed by atoms with van der Waals surface area (Å²) in [5, 5.41) is 0. The van der Waals surface area contributed by atoms with Gasteiger partial charge < -0.3 is 0 Å². The van der Waals surface area contributed by atoms with E-state index in [2.05, 4.69) is 56.2 Å². The van der Waals surface area contributed by atoms with Gasteiger partial charge in [-0.2, -0.15) is 0 Å². The minimum atomic E-state index is 0.584. The molecule has 0 fully saturated rings. The predicted octanol–water partition coefficient (Wildman–Crippen LogP) is 3.67. The number of alkyl halides is 2. The SMILES string of the molecule is BrC1C=C[C@H](Br)C2CC=CC[C@H]12. The zero-order valence-corrected chi connectivity index (χ0v) is 9.96. The average molecular weight is 292 g/mol. The maximum atomic E-state index is 3.72. The molecular formula is C10H12Br2. The van der Waals surface area contributed by atoms with Crippen LogP contribution in [0.5, 0.6) is 0 Å². The highest BCUT2D eigenvalue weighted by Gasteiger charge is 2.33. The van der Waals surface area contributed by atoms with Gasteiger partial charge in [0.1, 0.15) is 0 Å². The summed E-state index contributed by atoms with van der Waals surface area (Å²) in [4.78, 5) is 1.17. The van der Waals surface area contributed by atoms with Crippen molar-refractivity contribution in [2.24, 2.45) is 11.8 Å². The van der Waals surface area contributed by atoms with Gasteiger partial charge in [0, 0.05) is 9.65 Å². The van der Waals surface area contributed by atoms with Gasteiger partial charge in [-0.15, -0.1) is 0 Å². The van der Waals surface area contributed by atoms with Crippen molar-refractivity contribution in [2.45, 2.75) is 22.5 Å². The molecule has 12 heavy (non-hydrogen) atoms. The Bertz CT molecular complexity index is 198. The molecule has 2 rings (SSSR count). The number of allylic oxidation sites excluding steroid dienone is 4. The van der Waals surface area contributed by atoms with Crippen molar-refractivity contribution in [2.75, 3.05) is 0 Å². The van der Waals surface area contributed by atoms with E-state index < -0.39 is 0 Å². The van der Waals surface area contributed by atoms with Gasteiger partial charge in [0.25, 0.3) is 0 Å². The maximum absolute atomic E-state index is 3.72. The Morgan fingerprint density at radius 2 is 1.25 bits per heavy atom. The molecule has 2 unspecified atom stereocenters. The number of hydrogen-bond acceptors (Lipinski definition) is 0. The molecule has 0 aromatic carbocycles. The average Bonchev–Trinajstić information content (AvgIpc) is 2.12. The van der Waals surface area contributed by atoms with Crippen molar-refractivity contribution in [3.05, 3.63) is 24.3 Å². The van der Waals surface area contributed by atoms with Crippen LogP contribution in [-0.4, -0.2) is 9.65 Å². The normalized spacial score (nSPS) is 45.8. The summed E-state index contributed by atoms with van der Waals surface area (Å²) >= 11 is 7.43. The van der Waals surface area contributed by atoms with Gasteiger partial charge in [0.2, 0.25) is 0 Å². The van der Waals surface area contributed by atoms with E-state index in [0.29, 0.717) is 9.65 Å². The first kappa shape index (κ1) is 9.01. The van der Waals surface area contributed by atoms with Crippen LogP contribution in [0.3, 0.4) is 0 Å². The monoisotopic (exact) mass is 290 g/mol. The zero-order valence-electron chi connectivity index (χ0n) is 6.79. The van der Waals surface area contributed by atoms with Crippen LogP contribution in [-0.2, 0) is 0 Å². The van der Waals surface area contributed by atoms with E-state index in [1.54, 1.807) is 0 Å². The molecule has 0 nitrogen and oxygen atoms in total. The fourth-order valence-corrected chi connectivity index (χ4v) is 3.65. The number of hydrogen-bond donors (Lipinski definition) is 0. The molecule has 2 aliphatic carbocycles. The third-order valence-electron chi connectivity index (χ3n) is 2.83. The summed E-state index contributed by atoms with van der Waals surface area (Å²) in [5.41, 5.74) is 0. The molecule has 0 N–H and O–H groups in total. The molecule has 0 bridgehead atoms. The number of rotatable bonds is 0. The lowest BCUT2D eigenvalue weighted by Crippen LogP contribution is -2.33. The standard InChI is InChI=1S/C10H12Br2/c11-9-5-6-10(12)8-4-2-1-3-7(8)9/h1-2,5-10H,3-4H2/t7-,8?,9?,10-/m0/s1. The van der Waals surface area contributed by atoms with E-state index in [-0.39, 0.29) is 0 Å². The predicted molar refractivity (Wildman–Crippen MR) is 59.9 cm³/mol. The molecule has 2 aliphatic rings. The molecule has 0 saturated carbocycles. The van der Waals surface area contributed by atoms with Crippen LogP contribution in [0.2, 0.25) is 0 Å². The topological polar surface area (TPSA) is 0 Å². The smallest absolute Gasteiger partial charge is 0.0360 e. The molecule has 0 heterocycles. The highest BCUT2D eigenvalue weighted by molar-refractivity contribution is 9.10. The van der Waals surface area contributed by atoms with Crippen LogP contribution in [0.1, 0.15) is 12.8 Å². The lowest BCUT2D eigenvalue weighted by molar-refractivity contribution is 0.335. The summed E-state index contributed by atoms with van der Waals surface area (Å²) < 4.78 is 0. The maximum Gasteiger partial charge on any atom is 0.0360 e. The van der Waals surface area contributed by atoms with Crippen molar-refractivity contribution in [3.63, 3.8) is 0 Å². The van der Waals surface area contributed by atoms with Crippen molar-refractivity contribution in [1.29, 1.82) is 0 Å². The second-order valence-corrected chi connectivity index (χ2v) is 5.66. The summed E-state index contributed by atoms with van der Waals surface area (Å²) in [7, 11) is 0. The Labute approximate surface area is 90.4 Å². The first-order valence-electron chi connectivity index (χ1n) is 4.40. The third-order valence-corrected chi connectivity index (χ3v) is 4.80. The Morgan fingerprint density at radius 3 is 1.67 bits per heavy atom. The third kappa shape index (κ3) is 1.56. The lowest BCUT2D eigenvalue weighted by atomic mass is 9.76. The first-order chi connectivity index (χ1) is 5.79. The zero-order chi connectivity index (χ0) is 8.55. The quantitative estimate of drug-likeness (QED) is 0.472. The molecule has 0 aromatic rings. The van der Waals surface area contributed by atoms with Crippen LogP contribution >= 0.6 is 31.9 Å². The van der Waals surface area contributed by atoms with E-state index in [4.69, 9.17) is 0 Å². The lowest BCUT2D eigenvalue weighted by Gasteiger charge is -2.36. The largest absolute Gasteiger partial charge is 0.0882 e. The van der Waals surface area contributed by atoms with Gasteiger partial charge in [-0.25, -0.2) is 0 Å². The molecular weight excluding hydrogens is 280 g/mol. The molecule has 0 aromatic heterocycles. The Hall–Kier alpha value is 0.440. The molecule has 4 atom stereocenters. The minimum Gasteiger partial charge on any atom is -0.0882 e.